The third kappa shape index (κ3) is 6.49. The van der Waals surface area contributed by atoms with Crippen LogP contribution in [0.1, 0.15) is 72.6 Å². The Balaban J connectivity index is 3.81. The zero-order valence-electron chi connectivity index (χ0n) is 11.7. The van der Waals surface area contributed by atoms with Gasteiger partial charge in [0.05, 0.1) is 0 Å². The van der Waals surface area contributed by atoms with Crippen molar-refractivity contribution in [2.45, 2.75) is 78.4 Å². The largest absolute Gasteiger partial charge is 0.376 e. The smallest absolute Gasteiger partial charge is 0.116 e. The number of rotatable bonds is 10. The van der Waals surface area contributed by atoms with Crippen LogP contribution in [-0.2, 0) is 0 Å². The molecular formula is C14H31NO. The minimum absolute atomic E-state index is 0.383. The summed E-state index contributed by atoms with van der Waals surface area (Å²) >= 11 is 0. The highest BCUT2D eigenvalue weighted by molar-refractivity contribution is 4.78. The van der Waals surface area contributed by atoms with Gasteiger partial charge in [0.1, 0.15) is 5.72 Å². The third-order valence-corrected chi connectivity index (χ3v) is 3.48. The molecular weight excluding hydrogens is 198 g/mol. The molecule has 16 heavy (non-hydrogen) atoms. The van der Waals surface area contributed by atoms with Gasteiger partial charge >= 0.3 is 0 Å². The van der Waals surface area contributed by atoms with E-state index in [2.05, 4.69) is 19.2 Å². The summed E-state index contributed by atoms with van der Waals surface area (Å²) in [5.41, 5.74) is -0.686. The highest BCUT2D eigenvalue weighted by Crippen LogP contribution is 2.24. The molecule has 0 bridgehead atoms. The Morgan fingerprint density at radius 3 is 2.19 bits per heavy atom. The van der Waals surface area contributed by atoms with Crippen molar-refractivity contribution in [1.29, 1.82) is 0 Å². The van der Waals surface area contributed by atoms with Crippen molar-refractivity contribution in [1.82, 2.24) is 5.32 Å². The normalized spacial score (nSPS) is 17.1. The predicted molar refractivity (Wildman–Crippen MR) is 71.5 cm³/mol. The molecule has 0 spiro atoms. The van der Waals surface area contributed by atoms with Gasteiger partial charge in [-0.1, -0.05) is 52.9 Å². The van der Waals surface area contributed by atoms with E-state index in [0.717, 1.165) is 19.4 Å². The summed E-state index contributed by atoms with van der Waals surface area (Å²) in [7, 11) is 0. The zero-order valence-corrected chi connectivity index (χ0v) is 11.7. The van der Waals surface area contributed by atoms with Crippen LogP contribution in [0.15, 0.2) is 0 Å². The summed E-state index contributed by atoms with van der Waals surface area (Å²) in [5, 5.41) is 13.4. The van der Waals surface area contributed by atoms with E-state index in [1.807, 2.05) is 13.8 Å². The lowest BCUT2D eigenvalue weighted by molar-refractivity contribution is -0.0369. The fourth-order valence-corrected chi connectivity index (χ4v) is 2.38. The van der Waals surface area contributed by atoms with Crippen LogP contribution in [-0.4, -0.2) is 17.4 Å². The van der Waals surface area contributed by atoms with Gasteiger partial charge in [-0.05, 0) is 26.3 Å². The van der Waals surface area contributed by atoms with Crippen molar-refractivity contribution < 1.29 is 5.11 Å². The minimum atomic E-state index is -0.686. The molecule has 0 saturated carbocycles. The van der Waals surface area contributed by atoms with E-state index >= 15 is 0 Å². The Morgan fingerprint density at radius 2 is 1.69 bits per heavy atom. The molecule has 0 aliphatic carbocycles. The molecule has 0 aliphatic rings. The average molecular weight is 229 g/mol. The van der Waals surface area contributed by atoms with E-state index in [4.69, 9.17) is 0 Å². The van der Waals surface area contributed by atoms with Crippen molar-refractivity contribution in [2.24, 2.45) is 5.92 Å². The lowest BCUT2D eigenvalue weighted by Crippen LogP contribution is -2.48. The molecule has 2 heteroatoms. The van der Waals surface area contributed by atoms with Gasteiger partial charge in [0.25, 0.3) is 0 Å². The number of hydrogen-bond donors (Lipinski definition) is 2. The van der Waals surface area contributed by atoms with Crippen LogP contribution in [0.3, 0.4) is 0 Å². The van der Waals surface area contributed by atoms with Gasteiger partial charge in [0.15, 0.2) is 0 Å². The summed E-state index contributed by atoms with van der Waals surface area (Å²) in [6, 6.07) is 0. The highest BCUT2D eigenvalue weighted by Gasteiger charge is 2.28. The third-order valence-electron chi connectivity index (χ3n) is 3.48. The molecule has 2 unspecified atom stereocenters. The predicted octanol–water partition coefficient (Wildman–Crippen LogP) is 3.69. The molecule has 0 amide bonds. The lowest BCUT2D eigenvalue weighted by Gasteiger charge is -2.33. The average Bonchev–Trinajstić information content (AvgIpc) is 2.23. The van der Waals surface area contributed by atoms with Gasteiger partial charge in [0, 0.05) is 5.92 Å². The molecule has 2 N–H and O–H groups in total. The van der Waals surface area contributed by atoms with Crippen molar-refractivity contribution >= 4 is 0 Å². The van der Waals surface area contributed by atoms with Crippen LogP contribution in [0.5, 0.6) is 0 Å². The Hall–Kier alpha value is -0.0800. The van der Waals surface area contributed by atoms with E-state index < -0.39 is 5.72 Å². The van der Waals surface area contributed by atoms with Crippen LogP contribution in [0, 0.1) is 5.92 Å². The van der Waals surface area contributed by atoms with Crippen molar-refractivity contribution in [3.05, 3.63) is 0 Å². The number of aliphatic hydroxyl groups is 1. The molecule has 0 rings (SSSR count). The van der Waals surface area contributed by atoms with Gasteiger partial charge in [-0.3, -0.25) is 5.32 Å². The number of nitrogens with one attached hydrogen (secondary N) is 1. The Labute approximate surface area is 102 Å². The first kappa shape index (κ1) is 15.9. The van der Waals surface area contributed by atoms with E-state index in [1.165, 1.54) is 32.1 Å². The summed E-state index contributed by atoms with van der Waals surface area (Å²) in [6.07, 6.45) is 8.74. The van der Waals surface area contributed by atoms with Gasteiger partial charge < -0.3 is 5.11 Å². The first-order chi connectivity index (χ1) is 7.58. The first-order valence-electron chi connectivity index (χ1n) is 7.05. The number of unbranched alkanes of at least 4 members (excludes halogenated alkanes) is 4. The summed E-state index contributed by atoms with van der Waals surface area (Å²) < 4.78 is 0. The SMILES string of the molecule is CCCCCCCC(CC)C(C)(O)NCC. The second-order valence-corrected chi connectivity index (χ2v) is 4.99. The van der Waals surface area contributed by atoms with Crippen LogP contribution in [0.2, 0.25) is 0 Å². The number of hydrogen-bond acceptors (Lipinski definition) is 2. The topological polar surface area (TPSA) is 32.3 Å². The van der Waals surface area contributed by atoms with E-state index in [9.17, 15) is 5.11 Å². The molecule has 0 fully saturated rings. The minimum Gasteiger partial charge on any atom is -0.376 e. The maximum Gasteiger partial charge on any atom is 0.116 e. The van der Waals surface area contributed by atoms with Crippen LogP contribution < -0.4 is 5.32 Å². The summed E-state index contributed by atoms with van der Waals surface area (Å²) in [5.74, 6) is 0.383. The fraction of sp³-hybridized carbons (Fsp3) is 1.00. The lowest BCUT2D eigenvalue weighted by atomic mass is 9.88. The van der Waals surface area contributed by atoms with Gasteiger partial charge in [-0.2, -0.15) is 0 Å². The Bertz CT molecular complexity index is 157. The maximum absolute atomic E-state index is 10.3. The van der Waals surface area contributed by atoms with Crippen molar-refractivity contribution in [3.63, 3.8) is 0 Å². The monoisotopic (exact) mass is 229 g/mol. The van der Waals surface area contributed by atoms with Gasteiger partial charge in [0.2, 0.25) is 0 Å². The van der Waals surface area contributed by atoms with Gasteiger partial charge in [-0.15, -0.1) is 0 Å². The molecule has 0 aromatic rings. The second kappa shape index (κ2) is 9.00. The Morgan fingerprint density at radius 1 is 1.06 bits per heavy atom. The molecule has 2 nitrogen and oxygen atoms in total. The summed E-state index contributed by atoms with van der Waals surface area (Å²) in [4.78, 5) is 0. The Kier molecular flexibility index (Phi) is 8.96. The molecule has 0 heterocycles. The van der Waals surface area contributed by atoms with Gasteiger partial charge in [-0.25, -0.2) is 0 Å². The van der Waals surface area contributed by atoms with Crippen LogP contribution in [0.25, 0.3) is 0 Å². The molecule has 0 aromatic heterocycles. The molecule has 98 valence electrons. The van der Waals surface area contributed by atoms with Crippen LogP contribution >= 0.6 is 0 Å². The van der Waals surface area contributed by atoms with Crippen molar-refractivity contribution in [3.8, 4) is 0 Å². The van der Waals surface area contributed by atoms with E-state index in [1.54, 1.807) is 0 Å². The highest BCUT2D eigenvalue weighted by atomic mass is 16.3. The maximum atomic E-state index is 10.3. The molecule has 0 saturated heterocycles. The molecule has 0 radical (unpaired) electrons. The van der Waals surface area contributed by atoms with E-state index in [0.29, 0.717) is 5.92 Å². The van der Waals surface area contributed by atoms with Crippen molar-refractivity contribution in [2.75, 3.05) is 6.54 Å². The second-order valence-electron chi connectivity index (χ2n) is 4.99. The fourth-order valence-electron chi connectivity index (χ4n) is 2.38. The molecule has 0 aliphatic heterocycles. The molecule has 2 atom stereocenters. The van der Waals surface area contributed by atoms with Crippen LogP contribution in [0.4, 0.5) is 0 Å². The molecule has 0 aromatic carbocycles. The first-order valence-corrected chi connectivity index (χ1v) is 7.05. The standard InChI is InChI=1S/C14H31NO/c1-5-8-9-10-11-12-13(6-2)14(4,16)15-7-3/h13,15-16H,5-12H2,1-4H3. The van der Waals surface area contributed by atoms with E-state index in [-0.39, 0.29) is 0 Å². The zero-order chi connectivity index (χ0) is 12.4. The summed E-state index contributed by atoms with van der Waals surface area (Å²) in [6.45, 7) is 9.20. The quantitative estimate of drug-likeness (QED) is 0.442.